The molecule has 1 aliphatic rings. The van der Waals surface area contributed by atoms with Crippen molar-refractivity contribution in [2.75, 3.05) is 26.2 Å². The van der Waals surface area contributed by atoms with Crippen LogP contribution in [0.25, 0.3) is 0 Å². The van der Waals surface area contributed by atoms with Gasteiger partial charge >= 0.3 is 5.97 Å². The number of ether oxygens (including phenoxy) is 1. The zero-order valence-electron chi connectivity index (χ0n) is 16.1. The van der Waals surface area contributed by atoms with E-state index in [1.165, 1.54) is 4.31 Å². The normalized spacial score (nSPS) is 15.3. The van der Waals surface area contributed by atoms with Crippen LogP contribution in [0.3, 0.4) is 0 Å². The minimum absolute atomic E-state index is 0.000381. The zero-order chi connectivity index (χ0) is 20.9. The molecule has 0 spiro atoms. The quantitative estimate of drug-likeness (QED) is 0.621. The molecule has 1 amide bonds. The lowest BCUT2D eigenvalue weighted by Gasteiger charge is -2.34. The molecule has 156 valence electrons. The summed E-state index contributed by atoms with van der Waals surface area (Å²) < 4.78 is 36.6. The average Bonchev–Trinajstić information content (AvgIpc) is 3.16. The van der Waals surface area contributed by atoms with E-state index in [0.29, 0.717) is 11.5 Å². The molecule has 0 bridgehead atoms. The summed E-state index contributed by atoms with van der Waals surface area (Å²) in [6.45, 7) is 2.76. The first-order valence-electron chi connectivity index (χ1n) is 9.27. The number of carbonyl (C=O) groups is 2. The van der Waals surface area contributed by atoms with Gasteiger partial charge in [0.15, 0.2) is 0 Å². The van der Waals surface area contributed by atoms with E-state index in [1.807, 2.05) is 0 Å². The van der Waals surface area contributed by atoms with Gasteiger partial charge in [0.2, 0.25) is 15.9 Å². The van der Waals surface area contributed by atoms with Gasteiger partial charge in [-0.2, -0.15) is 4.31 Å². The molecule has 2 heterocycles. The highest BCUT2D eigenvalue weighted by molar-refractivity contribution is 7.89. The van der Waals surface area contributed by atoms with Crippen LogP contribution in [0.15, 0.2) is 45.8 Å². The summed E-state index contributed by atoms with van der Waals surface area (Å²) in [6.07, 6.45) is -0.0275. The van der Waals surface area contributed by atoms with Gasteiger partial charge in [0.05, 0.1) is 11.3 Å². The Morgan fingerprint density at radius 1 is 1.10 bits per heavy atom. The third-order valence-corrected chi connectivity index (χ3v) is 6.49. The van der Waals surface area contributed by atoms with E-state index < -0.39 is 16.0 Å². The van der Waals surface area contributed by atoms with E-state index in [9.17, 15) is 18.0 Å². The number of aryl methyl sites for hydroxylation is 1. The van der Waals surface area contributed by atoms with Crippen molar-refractivity contribution in [3.05, 3.63) is 47.9 Å². The van der Waals surface area contributed by atoms with Gasteiger partial charge in [-0.15, -0.1) is 0 Å². The van der Waals surface area contributed by atoms with Gasteiger partial charge in [0.25, 0.3) is 0 Å². The minimum Gasteiger partial charge on any atom is -0.459 e. The van der Waals surface area contributed by atoms with Crippen molar-refractivity contribution in [1.82, 2.24) is 14.4 Å². The SMILES string of the molecule is Cc1cc(COC(=O)CCC(=O)N2CCN(S(=O)(=O)c3ccccc3)CC2)no1. The molecule has 9 nitrogen and oxygen atoms in total. The molecule has 0 saturated carbocycles. The van der Waals surface area contributed by atoms with E-state index in [4.69, 9.17) is 9.26 Å². The van der Waals surface area contributed by atoms with Crippen LogP contribution in [0.2, 0.25) is 0 Å². The summed E-state index contributed by atoms with van der Waals surface area (Å²) in [5.41, 5.74) is 0.512. The second-order valence-electron chi connectivity index (χ2n) is 6.69. The van der Waals surface area contributed by atoms with E-state index in [2.05, 4.69) is 5.16 Å². The summed E-state index contributed by atoms with van der Waals surface area (Å²) in [5, 5.41) is 3.72. The van der Waals surface area contributed by atoms with Gasteiger partial charge in [-0.25, -0.2) is 8.42 Å². The van der Waals surface area contributed by atoms with E-state index in [0.717, 1.165) is 0 Å². The van der Waals surface area contributed by atoms with Gasteiger partial charge in [-0.1, -0.05) is 23.4 Å². The Labute approximate surface area is 169 Å². The largest absolute Gasteiger partial charge is 0.459 e. The molecule has 1 aromatic carbocycles. The van der Waals surface area contributed by atoms with E-state index in [1.54, 1.807) is 48.2 Å². The fourth-order valence-corrected chi connectivity index (χ4v) is 4.44. The number of esters is 1. The molecule has 0 radical (unpaired) electrons. The van der Waals surface area contributed by atoms with Gasteiger partial charge < -0.3 is 14.2 Å². The first-order chi connectivity index (χ1) is 13.9. The maximum absolute atomic E-state index is 12.6. The second-order valence-corrected chi connectivity index (χ2v) is 8.63. The van der Waals surface area contributed by atoms with Gasteiger partial charge in [0.1, 0.15) is 18.1 Å². The lowest BCUT2D eigenvalue weighted by Crippen LogP contribution is -2.50. The number of carbonyl (C=O) groups excluding carboxylic acids is 2. The smallest absolute Gasteiger partial charge is 0.306 e. The van der Waals surface area contributed by atoms with Crippen molar-refractivity contribution in [1.29, 1.82) is 0 Å². The summed E-state index contributed by atoms with van der Waals surface area (Å²) in [6, 6.07) is 9.89. The van der Waals surface area contributed by atoms with Crippen LogP contribution >= 0.6 is 0 Å². The van der Waals surface area contributed by atoms with Crippen LogP contribution in [0, 0.1) is 6.92 Å². The van der Waals surface area contributed by atoms with E-state index >= 15 is 0 Å². The molecule has 1 aromatic heterocycles. The number of rotatable bonds is 7. The second kappa shape index (κ2) is 9.19. The van der Waals surface area contributed by atoms with Crippen molar-refractivity contribution in [2.45, 2.75) is 31.3 Å². The first-order valence-corrected chi connectivity index (χ1v) is 10.7. The Bertz CT molecular complexity index is 949. The molecule has 0 aliphatic carbocycles. The number of hydrogen-bond acceptors (Lipinski definition) is 7. The predicted molar refractivity (Wildman–Crippen MR) is 102 cm³/mol. The number of hydrogen-bond donors (Lipinski definition) is 0. The average molecular weight is 421 g/mol. The third kappa shape index (κ3) is 5.42. The van der Waals surface area contributed by atoms with Crippen LogP contribution in [-0.4, -0.2) is 60.8 Å². The van der Waals surface area contributed by atoms with E-state index in [-0.39, 0.29) is 56.4 Å². The molecule has 0 N–H and O–H groups in total. The van der Waals surface area contributed by atoms with Crippen molar-refractivity contribution in [3.8, 4) is 0 Å². The molecule has 2 aromatic rings. The minimum atomic E-state index is -3.56. The van der Waals surface area contributed by atoms with Crippen LogP contribution in [-0.2, 0) is 31.0 Å². The number of sulfonamides is 1. The highest BCUT2D eigenvalue weighted by atomic mass is 32.2. The molecular formula is C19H23N3O6S. The summed E-state index contributed by atoms with van der Waals surface area (Å²) in [5.74, 6) is -0.0695. The fraction of sp³-hybridized carbons (Fsp3) is 0.421. The van der Waals surface area contributed by atoms with Gasteiger partial charge in [-0.05, 0) is 19.1 Å². The van der Waals surface area contributed by atoms with Crippen LogP contribution in [0.1, 0.15) is 24.3 Å². The first kappa shape index (κ1) is 21.0. The number of nitrogens with zero attached hydrogens (tertiary/aromatic N) is 3. The fourth-order valence-electron chi connectivity index (χ4n) is 3.00. The number of amides is 1. The lowest BCUT2D eigenvalue weighted by molar-refractivity contribution is -0.147. The molecule has 10 heteroatoms. The molecular weight excluding hydrogens is 398 g/mol. The molecule has 0 unspecified atom stereocenters. The maximum Gasteiger partial charge on any atom is 0.306 e. The molecule has 3 rings (SSSR count). The molecule has 0 atom stereocenters. The van der Waals surface area contributed by atoms with Crippen LogP contribution in [0.5, 0.6) is 0 Å². The van der Waals surface area contributed by atoms with Crippen molar-refractivity contribution in [3.63, 3.8) is 0 Å². The molecule has 1 saturated heterocycles. The van der Waals surface area contributed by atoms with Crippen molar-refractivity contribution < 1.29 is 27.3 Å². The topological polar surface area (TPSA) is 110 Å². The van der Waals surface area contributed by atoms with Crippen LogP contribution in [0.4, 0.5) is 0 Å². The Morgan fingerprint density at radius 3 is 2.41 bits per heavy atom. The monoisotopic (exact) mass is 421 g/mol. The number of benzene rings is 1. The molecule has 29 heavy (non-hydrogen) atoms. The summed E-state index contributed by atoms with van der Waals surface area (Å²) in [4.78, 5) is 26.0. The van der Waals surface area contributed by atoms with Crippen molar-refractivity contribution >= 4 is 21.9 Å². The van der Waals surface area contributed by atoms with Crippen LogP contribution < -0.4 is 0 Å². The van der Waals surface area contributed by atoms with Gasteiger partial charge in [-0.3, -0.25) is 9.59 Å². The Balaban J connectivity index is 1.42. The number of aromatic nitrogens is 1. The highest BCUT2D eigenvalue weighted by Crippen LogP contribution is 2.17. The van der Waals surface area contributed by atoms with Gasteiger partial charge in [0, 0.05) is 38.7 Å². The highest BCUT2D eigenvalue weighted by Gasteiger charge is 2.30. The maximum atomic E-state index is 12.6. The standard InChI is InChI=1S/C19H23N3O6S/c1-15-13-16(20-28-15)14-27-19(24)8-7-18(23)21-9-11-22(12-10-21)29(25,26)17-5-3-2-4-6-17/h2-6,13H,7-12,14H2,1H3. The molecule has 1 fully saturated rings. The third-order valence-electron chi connectivity index (χ3n) is 4.57. The lowest BCUT2D eigenvalue weighted by atomic mass is 10.2. The Morgan fingerprint density at radius 2 is 1.79 bits per heavy atom. The molecule has 1 aliphatic heterocycles. The summed E-state index contributed by atoms with van der Waals surface area (Å²) >= 11 is 0. The Hall–Kier alpha value is -2.72. The predicted octanol–water partition coefficient (Wildman–Crippen LogP) is 1.34. The zero-order valence-corrected chi connectivity index (χ0v) is 16.9. The number of piperazine rings is 1. The van der Waals surface area contributed by atoms with Crippen molar-refractivity contribution in [2.24, 2.45) is 0 Å². The summed E-state index contributed by atoms with van der Waals surface area (Å²) in [7, 11) is -3.56. The Kier molecular flexibility index (Phi) is 6.65.